The van der Waals surface area contributed by atoms with Crippen molar-refractivity contribution in [3.63, 3.8) is 0 Å². The van der Waals surface area contributed by atoms with E-state index >= 15 is 0 Å². The number of nitrogens with one attached hydrogen (secondary N) is 1. The van der Waals surface area contributed by atoms with Crippen molar-refractivity contribution >= 4 is 23.5 Å². The lowest BCUT2D eigenvalue weighted by Crippen LogP contribution is -2.23. The number of hydrogen-bond acceptors (Lipinski definition) is 4. The van der Waals surface area contributed by atoms with Crippen LogP contribution in [0.1, 0.15) is 26.6 Å². The van der Waals surface area contributed by atoms with Crippen LogP contribution in [0.4, 0.5) is 0 Å². The van der Waals surface area contributed by atoms with Crippen molar-refractivity contribution in [3.8, 4) is 0 Å². The quantitative estimate of drug-likeness (QED) is 0.893. The van der Waals surface area contributed by atoms with Crippen molar-refractivity contribution in [3.05, 3.63) is 52.4 Å². The van der Waals surface area contributed by atoms with E-state index < -0.39 is 11.9 Å². The Morgan fingerprint density at radius 2 is 2.11 bits per heavy atom. The van der Waals surface area contributed by atoms with Crippen LogP contribution >= 0.6 is 11.6 Å². The van der Waals surface area contributed by atoms with Crippen molar-refractivity contribution in [1.29, 1.82) is 0 Å². The SMILES string of the molecule is O=C(NCc1ccccc1Cl)c1cc(C(=O)O)on1. The highest BCUT2D eigenvalue weighted by atomic mass is 35.5. The van der Waals surface area contributed by atoms with Gasteiger partial charge in [0.15, 0.2) is 5.69 Å². The van der Waals surface area contributed by atoms with Crippen molar-refractivity contribution in [2.75, 3.05) is 0 Å². The molecular weight excluding hydrogens is 272 g/mol. The molecule has 98 valence electrons. The molecule has 2 aromatic rings. The smallest absolute Gasteiger partial charge is 0.374 e. The third-order valence-electron chi connectivity index (χ3n) is 2.35. The maximum Gasteiger partial charge on any atom is 0.374 e. The maximum absolute atomic E-state index is 11.7. The van der Waals surface area contributed by atoms with E-state index in [1.54, 1.807) is 24.3 Å². The van der Waals surface area contributed by atoms with Gasteiger partial charge in [0, 0.05) is 17.6 Å². The molecule has 0 fully saturated rings. The van der Waals surface area contributed by atoms with Gasteiger partial charge in [-0.05, 0) is 11.6 Å². The minimum Gasteiger partial charge on any atom is -0.475 e. The number of benzene rings is 1. The predicted octanol–water partition coefficient (Wildman–Crippen LogP) is 1.96. The van der Waals surface area contributed by atoms with E-state index in [-0.39, 0.29) is 18.0 Å². The fraction of sp³-hybridized carbons (Fsp3) is 0.0833. The number of carboxylic acid groups (broad SMARTS) is 1. The van der Waals surface area contributed by atoms with Crippen LogP contribution < -0.4 is 5.32 Å². The van der Waals surface area contributed by atoms with E-state index in [1.807, 2.05) is 0 Å². The molecule has 1 aromatic heterocycles. The number of carboxylic acids is 1. The number of amides is 1. The van der Waals surface area contributed by atoms with E-state index in [1.165, 1.54) is 0 Å². The summed E-state index contributed by atoms with van der Waals surface area (Å²) in [6, 6.07) is 8.12. The Hall–Kier alpha value is -2.34. The summed E-state index contributed by atoms with van der Waals surface area (Å²) < 4.78 is 4.49. The van der Waals surface area contributed by atoms with Crippen LogP contribution in [0, 0.1) is 0 Å². The lowest BCUT2D eigenvalue weighted by atomic mass is 10.2. The lowest BCUT2D eigenvalue weighted by Gasteiger charge is -2.04. The standard InChI is InChI=1S/C12H9ClN2O4/c13-8-4-2-1-3-7(8)6-14-11(16)9-5-10(12(17)18)19-15-9/h1-5H,6H2,(H,14,16)(H,17,18). The van der Waals surface area contributed by atoms with Crippen LogP contribution in [0.3, 0.4) is 0 Å². The average Bonchev–Trinajstić information content (AvgIpc) is 2.87. The van der Waals surface area contributed by atoms with Gasteiger partial charge in [0.2, 0.25) is 5.76 Å². The molecule has 0 aliphatic rings. The monoisotopic (exact) mass is 280 g/mol. The molecule has 0 radical (unpaired) electrons. The topological polar surface area (TPSA) is 92.4 Å². The normalized spacial score (nSPS) is 10.2. The molecule has 7 heteroatoms. The zero-order valence-electron chi connectivity index (χ0n) is 9.59. The number of nitrogens with zero attached hydrogens (tertiary/aromatic N) is 1. The minimum atomic E-state index is -1.28. The lowest BCUT2D eigenvalue weighted by molar-refractivity contribution is 0.0651. The zero-order valence-corrected chi connectivity index (χ0v) is 10.3. The third-order valence-corrected chi connectivity index (χ3v) is 2.72. The molecule has 1 amide bonds. The van der Waals surface area contributed by atoms with E-state index in [0.29, 0.717) is 5.02 Å². The first-order valence-corrected chi connectivity index (χ1v) is 5.67. The first-order chi connectivity index (χ1) is 9.08. The van der Waals surface area contributed by atoms with Gasteiger partial charge >= 0.3 is 5.97 Å². The number of carbonyl (C=O) groups excluding carboxylic acids is 1. The molecule has 2 N–H and O–H groups in total. The summed E-state index contributed by atoms with van der Waals surface area (Å²) in [5, 5.41) is 15.1. The largest absolute Gasteiger partial charge is 0.475 e. The van der Waals surface area contributed by atoms with E-state index in [9.17, 15) is 9.59 Å². The van der Waals surface area contributed by atoms with E-state index in [4.69, 9.17) is 16.7 Å². The first-order valence-electron chi connectivity index (χ1n) is 5.29. The second-order valence-corrected chi connectivity index (χ2v) is 4.06. The molecule has 0 bridgehead atoms. The van der Waals surface area contributed by atoms with Gasteiger partial charge in [0.05, 0.1) is 0 Å². The summed E-state index contributed by atoms with van der Waals surface area (Å²) in [4.78, 5) is 22.3. The van der Waals surface area contributed by atoms with E-state index in [2.05, 4.69) is 15.0 Å². The van der Waals surface area contributed by atoms with Gasteiger partial charge in [0.1, 0.15) is 0 Å². The van der Waals surface area contributed by atoms with Gasteiger partial charge in [-0.1, -0.05) is 35.0 Å². The number of aromatic nitrogens is 1. The molecule has 0 atom stereocenters. The molecule has 6 nitrogen and oxygen atoms in total. The summed E-state index contributed by atoms with van der Waals surface area (Å²) in [5.41, 5.74) is 0.656. The Morgan fingerprint density at radius 3 is 2.74 bits per heavy atom. The molecule has 0 saturated heterocycles. The molecule has 0 spiro atoms. The second-order valence-electron chi connectivity index (χ2n) is 3.66. The van der Waals surface area contributed by atoms with Gasteiger partial charge in [-0.15, -0.1) is 0 Å². The van der Waals surface area contributed by atoms with Crippen LogP contribution in [0.25, 0.3) is 0 Å². The van der Waals surface area contributed by atoms with Gasteiger partial charge < -0.3 is 14.9 Å². The van der Waals surface area contributed by atoms with Crippen LogP contribution in [0.2, 0.25) is 5.02 Å². The van der Waals surface area contributed by atoms with Gasteiger partial charge in [-0.3, -0.25) is 4.79 Å². The number of aromatic carboxylic acids is 1. The van der Waals surface area contributed by atoms with Crippen molar-refractivity contribution in [2.24, 2.45) is 0 Å². The third kappa shape index (κ3) is 3.11. The van der Waals surface area contributed by atoms with Crippen LogP contribution in [0.15, 0.2) is 34.9 Å². The highest BCUT2D eigenvalue weighted by Crippen LogP contribution is 2.14. The van der Waals surface area contributed by atoms with Crippen molar-refractivity contribution in [1.82, 2.24) is 10.5 Å². The maximum atomic E-state index is 11.7. The number of hydrogen-bond donors (Lipinski definition) is 2. The van der Waals surface area contributed by atoms with E-state index in [0.717, 1.165) is 11.6 Å². The predicted molar refractivity (Wildman–Crippen MR) is 66.1 cm³/mol. The van der Waals surface area contributed by atoms with Crippen molar-refractivity contribution < 1.29 is 19.2 Å². The molecule has 0 saturated carbocycles. The highest BCUT2D eigenvalue weighted by molar-refractivity contribution is 6.31. The Morgan fingerprint density at radius 1 is 1.37 bits per heavy atom. The number of carbonyl (C=O) groups is 2. The summed E-state index contributed by atoms with van der Waals surface area (Å²) in [6.07, 6.45) is 0. The summed E-state index contributed by atoms with van der Waals surface area (Å²) in [5.74, 6) is -2.20. The molecule has 0 aliphatic carbocycles. The molecule has 19 heavy (non-hydrogen) atoms. The van der Waals surface area contributed by atoms with Gasteiger partial charge in [-0.25, -0.2) is 4.79 Å². The summed E-state index contributed by atoms with van der Waals surface area (Å²) in [6.45, 7) is 0.216. The zero-order chi connectivity index (χ0) is 13.8. The fourth-order valence-electron chi connectivity index (χ4n) is 1.39. The van der Waals surface area contributed by atoms with Crippen LogP contribution in [-0.2, 0) is 6.54 Å². The highest BCUT2D eigenvalue weighted by Gasteiger charge is 2.16. The molecule has 0 unspecified atom stereocenters. The molecule has 2 rings (SSSR count). The number of halogens is 1. The van der Waals surface area contributed by atoms with Gasteiger partial charge in [-0.2, -0.15) is 0 Å². The molecule has 1 heterocycles. The average molecular weight is 281 g/mol. The van der Waals surface area contributed by atoms with Crippen LogP contribution in [-0.4, -0.2) is 22.1 Å². The minimum absolute atomic E-state index is 0.0931. The molecular formula is C12H9ClN2O4. The Labute approximate surface area is 113 Å². The fourth-order valence-corrected chi connectivity index (χ4v) is 1.59. The first kappa shape index (κ1) is 13.1. The van der Waals surface area contributed by atoms with Crippen LogP contribution in [0.5, 0.6) is 0 Å². The Bertz CT molecular complexity index is 624. The number of rotatable bonds is 4. The Kier molecular flexibility index (Phi) is 3.82. The molecule has 1 aromatic carbocycles. The molecule has 0 aliphatic heterocycles. The van der Waals surface area contributed by atoms with Gasteiger partial charge in [0.25, 0.3) is 5.91 Å². The Balaban J connectivity index is 2.01. The summed E-state index contributed by atoms with van der Waals surface area (Å²) >= 11 is 5.94. The second kappa shape index (κ2) is 5.53. The summed E-state index contributed by atoms with van der Waals surface area (Å²) in [7, 11) is 0. The van der Waals surface area contributed by atoms with Crippen molar-refractivity contribution in [2.45, 2.75) is 6.54 Å².